The van der Waals surface area contributed by atoms with Crippen LogP contribution in [0.4, 0.5) is 0 Å². The second kappa shape index (κ2) is 9.22. The van der Waals surface area contributed by atoms with Crippen LogP contribution in [0.5, 0.6) is 0 Å². The second-order valence-electron chi connectivity index (χ2n) is 8.97. The average molecular weight is 476 g/mol. The number of rotatable bonds is 6. The van der Waals surface area contributed by atoms with Crippen LogP contribution in [0.3, 0.4) is 0 Å². The number of hydrogen-bond donors (Lipinski definition) is 0. The molecule has 1 aliphatic heterocycles. The van der Waals surface area contributed by atoms with Crippen molar-refractivity contribution in [3.8, 4) is 0 Å². The van der Waals surface area contributed by atoms with Crippen molar-refractivity contribution in [2.24, 2.45) is 5.41 Å². The zero-order chi connectivity index (χ0) is 23.7. The summed E-state index contributed by atoms with van der Waals surface area (Å²) in [5.74, 6) is 0.413. The molecule has 0 bridgehead atoms. The van der Waals surface area contributed by atoms with E-state index in [1.807, 2.05) is 47.4 Å². The highest BCUT2D eigenvalue weighted by molar-refractivity contribution is 7.18. The van der Waals surface area contributed by atoms with Gasteiger partial charge in [-0.25, -0.2) is 4.98 Å². The minimum Gasteiger partial charge on any atom is -0.451 e. The van der Waals surface area contributed by atoms with Crippen LogP contribution in [-0.4, -0.2) is 52.8 Å². The summed E-state index contributed by atoms with van der Waals surface area (Å²) in [5.41, 5.74) is 1.23. The number of carbonyl (C=O) groups is 2. The standard InChI is InChI=1S/C27H29N3O3S/c1-3-27(4-2,18-24-28-20-10-6-8-12-23(20)34-24)26(32)30-15-13-29(14-16-30)25(31)22-17-19-9-5-7-11-21(19)33-22/h5-12,17H,3-4,13-16,18H2,1-2H3. The average Bonchev–Trinajstić information content (AvgIpc) is 3.50. The first-order valence-corrected chi connectivity index (χ1v) is 12.8. The van der Waals surface area contributed by atoms with E-state index >= 15 is 0 Å². The van der Waals surface area contributed by atoms with E-state index in [2.05, 4.69) is 19.9 Å². The molecule has 0 spiro atoms. The summed E-state index contributed by atoms with van der Waals surface area (Å²) >= 11 is 1.68. The van der Waals surface area contributed by atoms with Gasteiger partial charge >= 0.3 is 0 Å². The van der Waals surface area contributed by atoms with Gasteiger partial charge in [-0.15, -0.1) is 11.3 Å². The maximum Gasteiger partial charge on any atom is 0.289 e. The molecule has 2 amide bonds. The molecule has 2 aromatic carbocycles. The van der Waals surface area contributed by atoms with Crippen molar-refractivity contribution in [3.63, 3.8) is 0 Å². The molecule has 2 aromatic heterocycles. The number of benzene rings is 2. The molecule has 5 rings (SSSR count). The second-order valence-corrected chi connectivity index (χ2v) is 10.1. The first-order chi connectivity index (χ1) is 16.5. The monoisotopic (exact) mass is 475 g/mol. The fourth-order valence-electron chi connectivity index (χ4n) is 4.85. The van der Waals surface area contributed by atoms with Crippen LogP contribution in [0.1, 0.15) is 42.3 Å². The molecule has 0 radical (unpaired) electrons. The van der Waals surface area contributed by atoms with Crippen molar-refractivity contribution in [1.82, 2.24) is 14.8 Å². The van der Waals surface area contributed by atoms with Gasteiger partial charge in [0.1, 0.15) is 5.58 Å². The van der Waals surface area contributed by atoms with Crippen molar-refractivity contribution in [2.45, 2.75) is 33.1 Å². The molecule has 34 heavy (non-hydrogen) atoms. The SMILES string of the molecule is CCC(CC)(Cc1nc2ccccc2s1)C(=O)N1CCN(C(=O)c2cc3ccccc3o2)CC1. The number of para-hydroxylation sites is 2. The van der Waals surface area contributed by atoms with E-state index < -0.39 is 5.41 Å². The van der Waals surface area contributed by atoms with Gasteiger partial charge in [0.25, 0.3) is 5.91 Å². The van der Waals surface area contributed by atoms with Gasteiger partial charge in [0, 0.05) is 38.0 Å². The Hall–Kier alpha value is -3.19. The molecule has 7 heteroatoms. The van der Waals surface area contributed by atoms with Gasteiger partial charge in [0.2, 0.25) is 5.91 Å². The summed E-state index contributed by atoms with van der Waals surface area (Å²) in [5, 5.41) is 1.93. The number of thiazole rings is 1. The lowest BCUT2D eigenvalue weighted by molar-refractivity contribution is -0.144. The van der Waals surface area contributed by atoms with Crippen LogP contribution in [0.2, 0.25) is 0 Å². The summed E-state index contributed by atoms with van der Waals surface area (Å²) in [6.07, 6.45) is 2.17. The smallest absolute Gasteiger partial charge is 0.289 e. The van der Waals surface area contributed by atoms with E-state index in [9.17, 15) is 9.59 Å². The fraction of sp³-hybridized carbons (Fsp3) is 0.370. The molecule has 0 atom stereocenters. The lowest BCUT2D eigenvalue weighted by Gasteiger charge is -2.40. The van der Waals surface area contributed by atoms with Crippen LogP contribution in [0.25, 0.3) is 21.2 Å². The van der Waals surface area contributed by atoms with Crippen LogP contribution in [-0.2, 0) is 11.2 Å². The Morgan fingerprint density at radius 2 is 1.65 bits per heavy atom. The maximum atomic E-state index is 13.7. The number of aromatic nitrogens is 1. The summed E-state index contributed by atoms with van der Waals surface area (Å²) in [7, 11) is 0. The van der Waals surface area contributed by atoms with E-state index in [4.69, 9.17) is 9.40 Å². The Bertz CT molecular complexity index is 1260. The summed E-state index contributed by atoms with van der Waals surface area (Å²) in [6, 6.07) is 17.5. The number of hydrogen-bond acceptors (Lipinski definition) is 5. The molecular formula is C27H29N3O3S. The molecule has 0 aliphatic carbocycles. The topological polar surface area (TPSA) is 66.7 Å². The molecular weight excluding hydrogens is 446 g/mol. The molecule has 1 saturated heterocycles. The predicted molar refractivity (Wildman–Crippen MR) is 135 cm³/mol. The molecule has 0 saturated carbocycles. The molecule has 176 valence electrons. The molecule has 6 nitrogen and oxygen atoms in total. The van der Waals surface area contributed by atoms with Crippen molar-refractivity contribution < 1.29 is 14.0 Å². The van der Waals surface area contributed by atoms with E-state index in [0.29, 0.717) is 43.9 Å². The largest absolute Gasteiger partial charge is 0.451 e. The Morgan fingerprint density at radius 1 is 0.971 bits per heavy atom. The molecule has 1 fully saturated rings. The summed E-state index contributed by atoms with van der Waals surface area (Å²) in [4.78, 5) is 35.3. The molecule has 1 aliphatic rings. The predicted octanol–water partition coefficient (Wildman–Crippen LogP) is 5.38. The number of amides is 2. The van der Waals surface area contributed by atoms with E-state index in [0.717, 1.165) is 33.5 Å². The Labute approximate surface area is 203 Å². The molecule has 3 heterocycles. The van der Waals surface area contributed by atoms with Gasteiger partial charge < -0.3 is 14.2 Å². The highest BCUT2D eigenvalue weighted by atomic mass is 32.1. The first kappa shape index (κ1) is 22.6. The normalized spacial score (nSPS) is 14.8. The van der Waals surface area contributed by atoms with Gasteiger partial charge in [-0.2, -0.15) is 0 Å². The minimum atomic E-state index is -0.473. The zero-order valence-electron chi connectivity index (χ0n) is 19.6. The minimum absolute atomic E-state index is 0.116. The Kier molecular flexibility index (Phi) is 6.13. The van der Waals surface area contributed by atoms with E-state index in [1.165, 1.54) is 0 Å². The highest BCUT2D eigenvalue weighted by Gasteiger charge is 2.40. The first-order valence-electron chi connectivity index (χ1n) is 11.9. The van der Waals surface area contributed by atoms with E-state index in [1.54, 1.807) is 22.3 Å². The molecule has 4 aromatic rings. The van der Waals surface area contributed by atoms with Gasteiger partial charge in [0.15, 0.2) is 5.76 Å². The summed E-state index contributed by atoms with van der Waals surface area (Å²) < 4.78 is 6.92. The fourth-order valence-corrected chi connectivity index (χ4v) is 5.97. The van der Waals surface area contributed by atoms with Crippen molar-refractivity contribution in [3.05, 3.63) is 65.4 Å². The number of furan rings is 1. The molecule has 0 unspecified atom stereocenters. The maximum absolute atomic E-state index is 13.7. The van der Waals surface area contributed by atoms with Crippen molar-refractivity contribution in [2.75, 3.05) is 26.2 Å². The van der Waals surface area contributed by atoms with Crippen LogP contribution < -0.4 is 0 Å². The third-order valence-corrected chi connectivity index (χ3v) is 8.16. The number of nitrogens with zero attached hydrogens (tertiary/aromatic N) is 3. The Morgan fingerprint density at radius 3 is 2.35 bits per heavy atom. The molecule has 0 N–H and O–H groups in total. The van der Waals surface area contributed by atoms with Gasteiger partial charge in [-0.1, -0.05) is 44.2 Å². The number of piperazine rings is 1. The third-order valence-electron chi connectivity index (χ3n) is 7.13. The van der Waals surface area contributed by atoms with Gasteiger partial charge in [-0.05, 0) is 37.1 Å². The number of carbonyl (C=O) groups excluding carboxylic acids is 2. The Balaban J connectivity index is 1.27. The third kappa shape index (κ3) is 4.09. The lowest BCUT2D eigenvalue weighted by Crippen LogP contribution is -2.54. The zero-order valence-corrected chi connectivity index (χ0v) is 20.4. The highest BCUT2D eigenvalue weighted by Crippen LogP contribution is 2.36. The van der Waals surface area contributed by atoms with Crippen LogP contribution in [0, 0.1) is 5.41 Å². The van der Waals surface area contributed by atoms with Crippen molar-refractivity contribution in [1.29, 1.82) is 0 Å². The van der Waals surface area contributed by atoms with E-state index in [-0.39, 0.29) is 11.8 Å². The van der Waals surface area contributed by atoms with Crippen LogP contribution in [0.15, 0.2) is 59.0 Å². The van der Waals surface area contributed by atoms with Crippen LogP contribution >= 0.6 is 11.3 Å². The number of fused-ring (bicyclic) bond motifs is 2. The lowest BCUT2D eigenvalue weighted by atomic mass is 9.77. The van der Waals surface area contributed by atoms with Gasteiger partial charge in [0.05, 0.1) is 20.6 Å². The quantitative estimate of drug-likeness (QED) is 0.376. The van der Waals surface area contributed by atoms with Crippen molar-refractivity contribution >= 4 is 44.3 Å². The van der Waals surface area contributed by atoms with Gasteiger partial charge in [-0.3, -0.25) is 9.59 Å². The summed E-state index contributed by atoms with van der Waals surface area (Å²) in [6.45, 7) is 6.27.